The molecule has 1 atom stereocenters. The number of hydrogen-bond donors (Lipinski definition) is 2. The van der Waals surface area contributed by atoms with Crippen LogP contribution in [0.5, 0.6) is 0 Å². The molecule has 1 saturated heterocycles. The first kappa shape index (κ1) is 19.5. The second-order valence-electron chi connectivity index (χ2n) is 8.42. The zero-order valence-corrected chi connectivity index (χ0v) is 17.7. The Labute approximate surface area is 177 Å². The highest BCUT2D eigenvalue weighted by Gasteiger charge is 2.46. The SMILES string of the molecule is O=S(=O)(c1cccnc1)N1CCCC2(C1)Nc1ccccc1NC2=NC1CCCC1. The summed E-state index contributed by atoms with van der Waals surface area (Å²) in [6.07, 6.45) is 9.22. The Balaban J connectivity index is 1.52. The number of fused-ring (bicyclic) bond motifs is 1. The number of anilines is 2. The van der Waals surface area contributed by atoms with Gasteiger partial charge in [-0.3, -0.25) is 9.98 Å². The summed E-state index contributed by atoms with van der Waals surface area (Å²) in [4.78, 5) is 9.35. The number of hydrogen-bond acceptors (Lipinski definition) is 5. The second kappa shape index (κ2) is 7.67. The van der Waals surface area contributed by atoms with Crippen molar-refractivity contribution in [1.29, 1.82) is 0 Å². The van der Waals surface area contributed by atoms with E-state index >= 15 is 0 Å². The number of aromatic nitrogens is 1. The van der Waals surface area contributed by atoms with E-state index in [1.807, 2.05) is 24.3 Å². The van der Waals surface area contributed by atoms with Crippen LogP contribution in [0.15, 0.2) is 58.7 Å². The predicted molar refractivity (Wildman–Crippen MR) is 118 cm³/mol. The van der Waals surface area contributed by atoms with E-state index in [2.05, 4.69) is 15.6 Å². The molecule has 0 amide bonds. The van der Waals surface area contributed by atoms with Gasteiger partial charge in [-0.1, -0.05) is 25.0 Å². The number of amidine groups is 1. The van der Waals surface area contributed by atoms with Crippen molar-refractivity contribution in [3.05, 3.63) is 48.8 Å². The third kappa shape index (κ3) is 3.48. The van der Waals surface area contributed by atoms with Crippen LogP contribution in [0.4, 0.5) is 11.4 Å². The summed E-state index contributed by atoms with van der Waals surface area (Å²) in [5.41, 5.74) is 1.43. The fourth-order valence-electron chi connectivity index (χ4n) is 4.80. The lowest BCUT2D eigenvalue weighted by Crippen LogP contribution is -2.62. The molecule has 2 aliphatic heterocycles. The first-order valence-electron chi connectivity index (χ1n) is 10.7. The van der Waals surface area contributed by atoms with Crippen LogP contribution < -0.4 is 10.6 Å². The molecular weight excluding hydrogens is 398 g/mol. The normalized spacial score (nSPS) is 26.3. The minimum absolute atomic E-state index is 0.237. The molecule has 1 aromatic heterocycles. The predicted octanol–water partition coefficient (Wildman–Crippen LogP) is 3.48. The maximum Gasteiger partial charge on any atom is 0.244 e. The van der Waals surface area contributed by atoms with Gasteiger partial charge in [0.1, 0.15) is 16.3 Å². The Morgan fingerprint density at radius 2 is 1.87 bits per heavy atom. The number of benzene rings is 1. The van der Waals surface area contributed by atoms with Gasteiger partial charge in [0.15, 0.2) is 0 Å². The minimum atomic E-state index is -3.62. The van der Waals surface area contributed by atoms with Crippen LogP contribution in [-0.4, -0.2) is 48.2 Å². The second-order valence-corrected chi connectivity index (χ2v) is 10.4. The van der Waals surface area contributed by atoms with Gasteiger partial charge < -0.3 is 10.6 Å². The Bertz CT molecular complexity index is 1050. The van der Waals surface area contributed by atoms with E-state index < -0.39 is 15.6 Å². The first-order chi connectivity index (χ1) is 14.6. The van der Waals surface area contributed by atoms with E-state index in [1.54, 1.807) is 22.6 Å². The summed E-state index contributed by atoms with van der Waals surface area (Å²) in [7, 11) is -3.62. The van der Waals surface area contributed by atoms with Gasteiger partial charge in [-0.05, 0) is 49.9 Å². The van der Waals surface area contributed by atoms with Crippen LogP contribution in [0.25, 0.3) is 0 Å². The van der Waals surface area contributed by atoms with Gasteiger partial charge >= 0.3 is 0 Å². The third-order valence-corrected chi connectivity index (χ3v) is 8.20. The molecule has 0 bridgehead atoms. The average molecular weight is 426 g/mol. The molecule has 2 aromatic rings. The third-order valence-electron chi connectivity index (χ3n) is 6.37. The molecule has 1 spiro atoms. The van der Waals surface area contributed by atoms with Crippen LogP contribution >= 0.6 is 0 Å². The summed E-state index contributed by atoms with van der Waals surface area (Å²) >= 11 is 0. The molecule has 158 valence electrons. The Morgan fingerprint density at radius 3 is 2.63 bits per heavy atom. The number of aliphatic imine (C=N–C) groups is 1. The first-order valence-corrected chi connectivity index (χ1v) is 12.1. The zero-order valence-electron chi connectivity index (χ0n) is 16.9. The quantitative estimate of drug-likeness (QED) is 0.786. The average Bonchev–Trinajstić information content (AvgIpc) is 3.28. The topological polar surface area (TPSA) is 86.7 Å². The molecule has 30 heavy (non-hydrogen) atoms. The molecule has 2 N–H and O–H groups in total. The van der Waals surface area contributed by atoms with E-state index in [-0.39, 0.29) is 4.90 Å². The number of piperidine rings is 1. The van der Waals surface area contributed by atoms with Crippen LogP contribution in [0.3, 0.4) is 0 Å². The molecule has 7 nitrogen and oxygen atoms in total. The molecule has 1 saturated carbocycles. The number of sulfonamides is 1. The van der Waals surface area contributed by atoms with Crippen LogP contribution in [-0.2, 0) is 10.0 Å². The summed E-state index contributed by atoms with van der Waals surface area (Å²) in [6, 6.07) is 11.6. The molecule has 5 rings (SSSR count). The highest BCUT2D eigenvalue weighted by atomic mass is 32.2. The standard InChI is InChI=1S/C22H27N5O2S/c28-30(29,18-9-5-13-23-15-18)27-14-6-12-22(16-27)21(24-17-7-1-2-8-17)25-19-10-3-4-11-20(19)26-22/h3-5,9-11,13,15,17,26H,1-2,6-8,12,14,16H2,(H,24,25). The lowest BCUT2D eigenvalue weighted by molar-refractivity contribution is 0.293. The zero-order chi connectivity index (χ0) is 20.6. The summed E-state index contributed by atoms with van der Waals surface area (Å²) in [5.74, 6) is 0.874. The fraction of sp³-hybridized carbons (Fsp3) is 0.455. The largest absolute Gasteiger partial charge is 0.370 e. The molecule has 1 aromatic carbocycles. The summed E-state index contributed by atoms with van der Waals surface area (Å²) in [5, 5.41) is 7.22. The van der Waals surface area contributed by atoms with E-state index in [1.165, 1.54) is 19.0 Å². The van der Waals surface area contributed by atoms with Crippen molar-refractivity contribution in [2.45, 2.75) is 55.0 Å². The van der Waals surface area contributed by atoms with Crippen molar-refractivity contribution < 1.29 is 8.42 Å². The minimum Gasteiger partial charge on any atom is -0.370 e. The van der Waals surface area contributed by atoms with Gasteiger partial charge in [0.05, 0.1) is 17.4 Å². The van der Waals surface area contributed by atoms with Crippen LogP contribution in [0.1, 0.15) is 38.5 Å². The smallest absolute Gasteiger partial charge is 0.244 e. The molecular formula is C22H27N5O2S. The van der Waals surface area contributed by atoms with E-state index in [4.69, 9.17) is 4.99 Å². The lowest BCUT2D eigenvalue weighted by atomic mass is 9.86. The molecule has 1 unspecified atom stereocenters. The summed E-state index contributed by atoms with van der Waals surface area (Å²) in [6.45, 7) is 0.843. The van der Waals surface area contributed by atoms with Crippen molar-refractivity contribution in [3.8, 4) is 0 Å². The Kier molecular flexibility index (Phi) is 4.99. The van der Waals surface area contributed by atoms with Crippen molar-refractivity contribution in [1.82, 2.24) is 9.29 Å². The molecule has 1 aliphatic carbocycles. The number of nitrogens with zero attached hydrogens (tertiary/aromatic N) is 3. The van der Waals surface area contributed by atoms with Crippen molar-refractivity contribution >= 4 is 27.2 Å². The molecule has 0 radical (unpaired) electrons. The van der Waals surface area contributed by atoms with E-state index in [9.17, 15) is 8.42 Å². The van der Waals surface area contributed by atoms with Gasteiger partial charge in [0.2, 0.25) is 10.0 Å². The molecule has 3 heterocycles. The number of para-hydroxylation sites is 2. The van der Waals surface area contributed by atoms with Crippen LogP contribution in [0.2, 0.25) is 0 Å². The van der Waals surface area contributed by atoms with Gasteiger partial charge in [0.25, 0.3) is 0 Å². The lowest BCUT2D eigenvalue weighted by Gasteiger charge is -2.47. The van der Waals surface area contributed by atoms with E-state index in [0.717, 1.165) is 42.9 Å². The number of rotatable bonds is 3. The Hall–Kier alpha value is -2.45. The maximum absolute atomic E-state index is 13.3. The van der Waals surface area contributed by atoms with E-state index in [0.29, 0.717) is 19.1 Å². The number of nitrogens with one attached hydrogen (secondary N) is 2. The fourth-order valence-corrected chi connectivity index (χ4v) is 6.31. The summed E-state index contributed by atoms with van der Waals surface area (Å²) < 4.78 is 28.2. The van der Waals surface area contributed by atoms with Gasteiger partial charge in [-0.15, -0.1) is 0 Å². The molecule has 3 aliphatic rings. The van der Waals surface area contributed by atoms with Gasteiger partial charge in [-0.25, -0.2) is 8.42 Å². The van der Waals surface area contributed by atoms with Gasteiger partial charge in [0, 0.05) is 25.5 Å². The number of pyridine rings is 1. The maximum atomic E-state index is 13.3. The van der Waals surface area contributed by atoms with Gasteiger partial charge in [-0.2, -0.15) is 4.31 Å². The monoisotopic (exact) mass is 425 g/mol. The molecule has 2 fully saturated rings. The highest BCUT2D eigenvalue weighted by Crippen LogP contribution is 2.38. The van der Waals surface area contributed by atoms with Crippen molar-refractivity contribution in [2.75, 3.05) is 23.7 Å². The van der Waals surface area contributed by atoms with Crippen LogP contribution in [0, 0.1) is 0 Å². The Morgan fingerprint density at radius 1 is 1.07 bits per heavy atom. The molecule has 8 heteroatoms. The highest BCUT2D eigenvalue weighted by molar-refractivity contribution is 7.89. The van der Waals surface area contributed by atoms with Crippen molar-refractivity contribution in [3.63, 3.8) is 0 Å². The van der Waals surface area contributed by atoms with Crippen molar-refractivity contribution in [2.24, 2.45) is 4.99 Å².